The first-order valence-electron chi connectivity index (χ1n) is 6.40. The molecule has 1 aromatic rings. The lowest BCUT2D eigenvalue weighted by Gasteiger charge is -2.17. The predicted molar refractivity (Wildman–Crippen MR) is 76.1 cm³/mol. The molecule has 1 aliphatic heterocycles. The van der Waals surface area contributed by atoms with E-state index in [2.05, 4.69) is 4.98 Å². The van der Waals surface area contributed by atoms with Crippen molar-refractivity contribution in [3.63, 3.8) is 0 Å². The Morgan fingerprint density at radius 2 is 1.68 bits per heavy atom. The van der Waals surface area contributed by atoms with Gasteiger partial charge in [0.15, 0.2) is 0 Å². The standard InChI is InChI=1S/C15H9ClF2N2O2/c1-7-2-4-8-9(5-3-7)15(22)20(14(8)21)12-10(16)6-19-13(18)11(12)17/h2-7H,1H3. The lowest BCUT2D eigenvalue weighted by atomic mass is 10.1. The first-order chi connectivity index (χ1) is 10.4. The number of rotatable bonds is 1. The van der Waals surface area contributed by atoms with Crippen LogP contribution in [-0.4, -0.2) is 16.8 Å². The number of allylic oxidation sites excluding steroid dienone is 2. The smallest absolute Gasteiger partial charge is 0.266 e. The molecule has 0 fully saturated rings. The number of carbonyl (C=O) groups excluding carboxylic acids is 2. The van der Waals surface area contributed by atoms with Gasteiger partial charge in [0.2, 0.25) is 5.82 Å². The molecule has 3 rings (SSSR count). The SMILES string of the molecule is CC1C=CC2=C(C=C1)C(=O)N(c1c(Cl)cnc(F)c1F)C2=O. The van der Waals surface area contributed by atoms with Gasteiger partial charge < -0.3 is 0 Å². The molecule has 0 aromatic carbocycles. The van der Waals surface area contributed by atoms with E-state index in [4.69, 9.17) is 11.6 Å². The molecule has 2 aliphatic rings. The van der Waals surface area contributed by atoms with E-state index >= 15 is 0 Å². The van der Waals surface area contributed by atoms with Crippen LogP contribution >= 0.6 is 11.6 Å². The average Bonchev–Trinajstić information content (AvgIpc) is 2.63. The lowest BCUT2D eigenvalue weighted by Crippen LogP contribution is -2.33. The van der Waals surface area contributed by atoms with Crippen LogP contribution in [0.15, 0.2) is 41.6 Å². The van der Waals surface area contributed by atoms with Crippen LogP contribution in [-0.2, 0) is 9.59 Å². The van der Waals surface area contributed by atoms with Gasteiger partial charge in [-0.2, -0.15) is 8.78 Å². The zero-order chi connectivity index (χ0) is 16.0. The predicted octanol–water partition coefficient (Wildman–Crippen LogP) is 2.95. The van der Waals surface area contributed by atoms with Crippen molar-refractivity contribution < 1.29 is 18.4 Å². The second-order valence-corrected chi connectivity index (χ2v) is 5.32. The summed E-state index contributed by atoms with van der Waals surface area (Å²) in [6.45, 7) is 1.89. The van der Waals surface area contributed by atoms with Gasteiger partial charge in [0.05, 0.1) is 22.4 Å². The largest absolute Gasteiger partial charge is 0.268 e. The first-order valence-corrected chi connectivity index (χ1v) is 6.78. The van der Waals surface area contributed by atoms with E-state index in [1.54, 1.807) is 12.2 Å². The van der Waals surface area contributed by atoms with Gasteiger partial charge in [-0.15, -0.1) is 0 Å². The molecule has 1 aromatic heterocycles. The molecule has 7 heteroatoms. The molecule has 2 heterocycles. The minimum absolute atomic E-state index is 0.0540. The topological polar surface area (TPSA) is 50.3 Å². The summed E-state index contributed by atoms with van der Waals surface area (Å²) in [5.74, 6) is -4.31. The van der Waals surface area contributed by atoms with Gasteiger partial charge >= 0.3 is 0 Å². The maximum atomic E-state index is 14.0. The van der Waals surface area contributed by atoms with E-state index in [-0.39, 0.29) is 22.1 Å². The molecule has 2 amide bonds. The molecule has 0 bridgehead atoms. The summed E-state index contributed by atoms with van der Waals surface area (Å²) < 4.78 is 27.3. The number of anilines is 1. The Bertz CT molecular complexity index is 763. The van der Waals surface area contributed by atoms with Crippen molar-refractivity contribution >= 4 is 29.1 Å². The number of pyridine rings is 1. The van der Waals surface area contributed by atoms with Crippen molar-refractivity contribution in [3.05, 3.63) is 58.4 Å². The fourth-order valence-corrected chi connectivity index (χ4v) is 2.50. The minimum atomic E-state index is -1.44. The molecular formula is C15H9ClF2N2O2. The zero-order valence-electron chi connectivity index (χ0n) is 11.3. The third kappa shape index (κ3) is 2.07. The average molecular weight is 323 g/mol. The Kier molecular flexibility index (Phi) is 3.41. The molecule has 1 aliphatic carbocycles. The molecule has 0 saturated heterocycles. The summed E-state index contributed by atoms with van der Waals surface area (Å²) in [5.41, 5.74) is -0.372. The zero-order valence-corrected chi connectivity index (χ0v) is 12.1. The fourth-order valence-electron chi connectivity index (χ4n) is 2.29. The van der Waals surface area contributed by atoms with Crippen molar-refractivity contribution in [3.8, 4) is 0 Å². The normalized spacial score (nSPS) is 18.3. The van der Waals surface area contributed by atoms with Crippen LogP contribution in [0.3, 0.4) is 0 Å². The highest BCUT2D eigenvalue weighted by Crippen LogP contribution is 2.36. The Labute approximate surface area is 129 Å². The van der Waals surface area contributed by atoms with Gasteiger partial charge in [-0.05, 0) is 5.92 Å². The Morgan fingerprint density at radius 3 is 2.23 bits per heavy atom. The van der Waals surface area contributed by atoms with Crippen molar-refractivity contribution in [1.82, 2.24) is 4.98 Å². The summed E-state index contributed by atoms with van der Waals surface area (Å²) in [7, 11) is 0. The van der Waals surface area contributed by atoms with E-state index in [1.807, 2.05) is 6.92 Å². The summed E-state index contributed by atoms with van der Waals surface area (Å²) in [6, 6.07) is 0. The van der Waals surface area contributed by atoms with E-state index in [9.17, 15) is 18.4 Å². The Morgan fingerprint density at radius 1 is 1.14 bits per heavy atom. The summed E-state index contributed by atoms with van der Waals surface area (Å²) in [6.07, 6.45) is 7.33. The molecule has 0 spiro atoms. The quantitative estimate of drug-likeness (QED) is 0.590. The van der Waals surface area contributed by atoms with Gasteiger partial charge in [-0.25, -0.2) is 9.88 Å². The molecule has 0 radical (unpaired) electrons. The van der Waals surface area contributed by atoms with Crippen molar-refractivity contribution in [2.45, 2.75) is 6.92 Å². The van der Waals surface area contributed by atoms with Gasteiger partial charge in [0.1, 0.15) is 5.69 Å². The Balaban J connectivity index is 2.13. The molecule has 112 valence electrons. The Hall–Kier alpha value is -2.34. The molecular weight excluding hydrogens is 314 g/mol. The number of hydrogen-bond donors (Lipinski definition) is 0. The highest BCUT2D eigenvalue weighted by molar-refractivity contribution is 6.39. The summed E-state index contributed by atoms with van der Waals surface area (Å²) in [4.78, 5) is 28.5. The van der Waals surface area contributed by atoms with Crippen molar-refractivity contribution in [1.29, 1.82) is 0 Å². The molecule has 0 saturated carbocycles. The van der Waals surface area contributed by atoms with E-state index in [0.717, 1.165) is 6.20 Å². The van der Waals surface area contributed by atoms with Crippen LogP contribution in [0.2, 0.25) is 5.02 Å². The monoisotopic (exact) mass is 322 g/mol. The van der Waals surface area contributed by atoms with Crippen LogP contribution in [0.1, 0.15) is 6.92 Å². The number of aromatic nitrogens is 1. The highest BCUT2D eigenvalue weighted by Gasteiger charge is 2.40. The van der Waals surface area contributed by atoms with Gasteiger partial charge in [-0.3, -0.25) is 9.59 Å². The third-order valence-electron chi connectivity index (χ3n) is 3.42. The number of hydrogen-bond acceptors (Lipinski definition) is 3. The van der Waals surface area contributed by atoms with E-state index in [1.165, 1.54) is 12.2 Å². The first kappa shape index (κ1) is 14.6. The van der Waals surface area contributed by atoms with Crippen molar-refractivity contribution in [2.75, 3.05) is 4.90 Å². The van der Waals surface area contributed by atoms with Crippen LogP contribution in [0, 0.1) is 17.7 Å². The van der Waals surface area contributed by atoms with Gasteiger partial charge in [0.25, 0.3) is 17.8 Å². The fraction of sp³-hybridized carbons (Fsp3) is 0.133. The highest BCUT2D eigenvalue weighted by atomic mass is 35.5. The van der Waals surface area contributed by atoms with E-state index in [0.29, 0.717) is 4.90 Å². The molecule has 0 atom stereocenters. The van der Waals surface area contributed by atoms with E-state index < -0.39 is 29.3 Å². The number of halogens is 3. The summed E-state index contributed by atoms with van der Waals surface area (Å²) >= 11 is 5.80. The maximum absolute atomic E-state index is 14.0. The molecule has 4 nitrogen and oxygen atoms in total. The number of amides is 2. The van der Waals surface area contributed by atoms with Crippen LogP contribution in [0.25, 0.3) is 0 Å². The molecule has 0 N–H and O–H groups in total. The van der Waals surface area contributed by atoms with Crippen LogP contribution < -0.4 is 4.90 Å². The summed E-state index contributed by atoms with van der Waals surface area (Å²) in [5, 5.41) is -0.320. The number of carbonyl (C=O) groups is 2. The van der Waals surface area contributed by atoms with Crippen LogP contribution in [0.5, 0.6) is 0 Å². The van der Waals surface area contributed by atoms with Gasteiger partial charge in [0, 0.05) is 0 Å². The minimum Gasteiger partial charge on any atom is -0.268 e. The second-order valence-electron chi connectivity index (χ2n) is 4.91. The molecule has 0 unspecified atom stereocenters. The molecule has 22 heavy (non-hydrogen) atoms. The van der Waals surface area contributed by atoms with Gasteiger partial charge in [-0.1, -0.05) is 42.8 Å². The number of nitrogens with zero attached hydrogens (tertiary/aromatic N) is 2. The third-order valence-corrected chi connectivity index (χ3v) is 3.70. The van der Waals surface area contributed by atoms with Crippen LogP contribution in [0.4, 0.5) is 14.5 Å². The maximum Gasteiger partial charge on any atom is 0.266 e. The van der Waals surface area contributed by atoms with Crippen molar-refractivity contribution in [2.24, 2.45) is 5.92 Å². The number of imide groups is 1. The second kappa shape index (κ2) is 5.14. The lowest BCUT2D eigenvalue weighted by molar-refractivity contribution is -0.120.